The van der Waals surface area contributed by atoms with E-state index in [-0.39, 0.29) is 18.7 Å². The van der Waals surface area contributed by atoms with Crippen molar-refractivity contribution < 1.29 is 24.0 Å². The third-order valence-corrected chi connectivity index (χ3v) is 5.23. The van der Waals surface area contributed by atoms with Crippen molar-refractivity contribution in [3.05, 3.63) is 62.6 Å². The predicted octanol–water partition coefficient (Wildman–Crippen LogP) is 3.18. The smallest absolute Gasteiger partial charge is 0.336 e. The highest BCUT2D eigenvalue weighted by atomic mass is 16.6. The number of hydrogen-bond acceptors (Lipinski definition) is 8. The minimum atomic E-state index is -0.695. The summed E-state index contributed by atoms with van der Waals surface area (Å²) < 4.78 is 10.5. The number of rotatable bonds is 13. The maximum Gasteiger partial charge on any atom is 0.336 e. The second kappa shape index (κ2) is 13.0. The Balaban J connectivity index is 2.58. The SMILES string of the molecule is CCC1=C(NC=O)C(c2ccc([N+](=O)[O-])cc2)C(C(=O)OCCC#N)=C(CCCCOC)N1. The number of carbonyl (C=O) groups excluding carboxylic acids is 2. The van der Waals surface area contributed by atoms with Crippen LogP contribution in [0.2, 0.25) is 0 Å². The first kappa shape index (κ1) is 25.5. The molecule has 1 atom stereocenters. The fraction of sp³-hybridized carbons (Fsp3) is 0.435. The van der Waals surface area contributed by atoms with E-state index < -0.39 is 16.8 Å². The number of methoxy groups -OCH3 is 1. The van der Waals surface area contributed by atoms with Crippen LogP contribution in [0.3, 0.4) is 0 Å². The molecule has 176 valence electrons. The standard InChI is InChI=1S/C23H28N4O6/c1-3-18-22(25-15-28)20(16-8-10-17(11-9-16)27(30)31)21(23(29)33-14-6-12-24)19(26-18)7-4-5-13-32-2/h8-11,15,20,26H,3-7,13-14H2,1-2H3,(H,25,28). The molecule has 1 aromatic rings. The Morgan fingerprint density at radius 1 is 1.27 bits per heavy atom. The number of dihydropyridines is 1. The van der Waals surface area contributed by atoms with Crippen LogP contribution in [0.15, 0.2) is 46.9 Å². The monoisotopic (exact) mass is 456 g/mol. The quantitative estimate of drug-likeness (QED) is 0.151. The molecule has 0 bridgehead atoms. The van der Waals surface area contributed by atoms with Crippen molar-refractivity contribution in [1.82, 2.24) is 10.6 Å². The third-order valence-electron chi connectivity index (χ3n) is 5.23. The topological polar surface area (TPSA) is 144 Å². The number of carbonyl (C=O) groups is 2. The van der Waals surface area contributed by atoms with Gasteiger partial charge in [-0.15, -0.1) is 0 Å². The van der Waals surface area contributed by atoms with Gasteiger partial charge in [0.15, 0.2) is 0 Å². The van der Waals surface area contributed by atoms with E-state index >= 15 is 0 Å². The normalized spacial score (nSPS) is 15.5. The number of nitro groups is 1. The number of hydrogen-bond donors (Lipinski definition) is 2. The largest absolute Gasteiger partial charge is 0.461 e. The van der Waals surface area contributed by atoms with Crippen LogP contribution in [0, 0.1) is 21.4 Å². The molecule has 2 N–H and O–H groups in total. The second-order valence-electron chi connectivity index (χ2n) is 7.30. The molecule has 2 rings (SSSR count). The van der Waals surface area contributed by atoms with Crippen molar-refractivity contribution in [1.29, 1.82) is 5.26 Å². The number of amides is 1. The Morgan fingerprint density at radius 2 is 2.00 bits per heavy atom. The highest BCUT2D eigenvalue weighted by Crippen LogP contribution is 2.39. The zero-order valence-corrected chi connectivity index (χ0v) is 18.8. The van der Waals surface area contributed by atoms with Gasteiger partial charge in [0.25, 0.3) is 5.69 Å². The molecular weight excluding hydrogens is 428 g/mol. The fourth-order valence-corrected chi connectivity index (χ4v) is 3.70. The van der Waals surface area contributed by atoms with Gasteiger partial charge in [-0.25, -0.2) is 4.79 Å². The van der Waals surface area contributed by atoms with Crippen LogP contribution in [-0.2, 0) is 19.1 Å². The molecule has 0 radical (unpaired) electrons. The lowest BCUT2D eigenvalue weighted by molar-refractivity contribution is -0.384. The van der Waals surface area contributed by atoms with Crippen LogP contribution in [0.4, 0.5) is 5.69 Å². The zero-order valence-electron chi connectivity index (χ0n) is 18.8. The highest BCUT2D eigenvalue weighted by molar-refractivity contribution is 5.93. The molecular formula is C23H28N4O6. The summed E-state index contributed by atoms with van der Waals surface area (Å²) >= 11 is 0. The predicted molar refractivity (Wildman–Crippen MR) is 119 cm³/mol. The number of nitriles is 1. The fourth-order valence-electron chi connectivity index (χ4n) is 3.70. The summed E-state index contributed by atoms with van der Waals surface area (Å²) in [5.41, 5.74) is 2.69. The Hall–Kier alpha value is -3.71. The van der Waals surface area contributed by atoms with Gasteiger partial charge in [0, 0.05) is 42.9 Å². The number of non-ortho nitro benzene ring substituents is 1. The van der Waals surface area contributed by atoms with E-state index in [1.807, 2.05) is 13.0 Å². The van der Waals surface area contributed by atoms with Crippen LogP contribution in [-0.4, -0.2) is 37.6 Å². The van der Waals surface area contributed by atoms with Gasteiger partial charge in [-0.1, -0.05) is 19.1 Å². The summed E-state index contributed by atoms with van der Waals surface area (Å²) in [7, 11) is 1.62. The maximum absolute atomic E-state index is 13.2. The van der Waals surface area contributed by atoms with Crippen LogP contribution < -0.4 is 10.6 Å². The lowest BCUT2D eigenvalue weighted by Gasteiger charge is -2.33. The van der Waals surface area contributed by atoms with Crippen molar-refractivity contribution in [2.24, 2.45) is 0 Å². The summed E-state index contributed by atoms with van der Waals surface area (Å²) in [5, 5.41) is 25.9. The number of allylic oxidation sites excluding steroid dienone is 3. The lowest BCUT2D eigenvalue weighted by atomic mass is 9.82. The first-order chi connectivity index (χ1) is 16.0. The number of ether oxygens (including phenoxy) is 2. The van der Waals surface area contributed by atoms with Crippen LogP contribution in [0.5, 0.6) is 0 Å². The van der Waals surface area contributed by atoms with Gasteiger partial charge < -0.3 is 20.1 Å². The summed E-state index contributed by atoms with van der Waals surface area (Å²) in [5.74, 6) is -1.30. The zero-order chi connectivity index (χ0) is 24.2. The Kier molecular flexibility index (Phi) is 10.0. The maximum atomic E-state index is 13.2. The van der Waals surface area contributed by atoms with E-state index in [2.05, 4.69) is 10.6 Å². The van der Waals surface area contributed by atoms with E-state index in [9.17, 15) is 19.7 Å². The number of unbranched alkanes of at least 4 members (excludes halogenated alkanes) is 1. The molecule has 1 unspecified atom stereocenters. The Bertz CT molecular complexity index is 962. The molecule has 1 aliphatic heterocycles. The highest BCUT2D eigenvalue weighted by Gasteiger charge is 2.36. The Morgan fingerprint density at radius 3 is 2.58 bits per heavy atom. The van der Waals surface area contributed by atoms with E-state index in [0.29, 0.717) is 48.4 Å². The molecule has 1 heterocycles. The molecule has 0 saturated carbocycles. The molecule has 10 nitrogen and oxygen atoms in total. The lowest BCUT2D eigenvalue weighted by Crippen LogP contribution is -2.35. The third kappa shape index (κ3) is 6.63. The number of esters is 1. The number of nitrogens with one attached hydrogen (secondary N) is 2. The summed E-state index contributed by atoms with van der Waals surface area (Å²) in [4.78, 5) is 35.2. The average Bonchev–Trinajstić information content (AvgIpc) is 2.82. The molecule has 10 heteroatoms. The van der Waals surface area contributed by atoms with Gasteiger partial charge in [0.05, 0.1) is 28.9 Å². The van der Waals surface area contributed by atoms with Gasteiger partial charge in [0.1, 0.15) is 6.61 Å². The molecule has 0 spiro atoms. The second-order valence-corrected chi connectivity index (χ2v) is 7.30. The molecule has 1 aliphatic rings. The molecule has 0 saturated heterocycles. The van der Waals surface area contributed by atoms with Gasteiger partial charge in [0.2, 0.25) is 6.41 Å². The van der Waals surface area contributed by atoms with Crippen molar-refractivity contribution in [2.75, 3.05) is 20.3 Å². The van der Waals surface area contributed by atoms with E-state index in [0.717, 1.165) is 18.5 Å². The first-order valence-corrected chi connectivity index (χ1v) is 10.7. The van der Waals surface area contributed by atoms with Crippen LogP contribution >= 0.6 is 0 Å². The van der Waals surface area contributed by atoms with Crippen molar-refractivity contribution in [2.45, 2.75) is 44.9 Å². The Labute approximate surface area is 192 Å². The molecule has 33 heavy (non-hydrogen) atoms. The molecule has 0 aromatic heterocycles. The molecule has 1 amide bonds. The molecule has 1 aromatic carbocycles. The van der Waals surface area contributed by atoms with Gasteiger partial charge in [-0.3, -0.25) is 14.9 Å². The van der Waals surface area contributed by atoms with Gasteiger partial charge in [-0.05, 0) is 31.2 Å². The van der Waals surface area contributed by atoms with E-state index in [4.69, 9.17) is 14.7 Å². The summed E-state index contributed by atoms with van der Waals surface area (Å²) in [6, 6.07) is 7.79. The van der Waals surface area contributed by atoms with Crippen molar-refractivity contribution in [3.63, 3.8) is 0 Å². The number of benzene rings is 1. The minimum Gasteiger partial charge on any atom is -0.461 e. The average molecular weight is 456 g/mol. The molecule has 0 aliphatic carbocycles. The summed E-state index contributed by atoms with van der Waals surface area (Å²) in [6.45, 7) is 2.43. The van der Waals surface area contributed by atoms with Crippen molar-refractivity contribution >= 4 is 18.1 Å². The van der Waals surface area contributed by atoms with E-state index in [1.54, 1.807) is 19.2 Å². The van der Waals surface area contributed by atoms with Gasteiger partial charge >= 0.3 is 5.97 Å². The minimum absolute atomic E-state index is 0.0489. The van der Waals surface area contributed by atoms with Crippen LogP contribution in [0.25, 0.3) is 0 Å². The number of nitrogens with zero attached hydrogens (tertiary/aromatic N) is 2. The first-order valence-electron chi connectivity index (χ1n) is 10.7. The van der Waals surface area contributed by atoms with Crippen molar-refractivity contribution in [3.8, 4) is 6.07 Å². The van der Waals surface area contributed by atoms with E-state index in [1.165, 1.54) is 12.1 Å². The van der Waals surface area contributed by atoms with Gasteiger partial charge in [-0.2, -0.15) is 5.26 Å². The van der Waals surface area contributed by atoms with Crippen LogP contribution in [0.1, 0.15) is 50.5 Å². The summed E-state index contributed by atoms with van der Waals surface area (Å²) in [6.07, 6.45) is 3.20. The molecule has 0 fully saturated rings. The number of nitro benzene ring substituents is 1.